The standard InChI is InChI=1S/C13H11NO2/c15-12-6-5-11-9(13(12)16)7-8-3-1-2-4-10(8)14-11/h1-7,10,14-16H. The van der Waals surface area contributed by atoms with Gasteiger partial charge >= 0.3 is 0 Å². The molecular formula is C13H11NO2. The molecule has 0 amide bonds. The number of phenols is 2. The number of benzene rings is 1. The number of rotatable bonds is 0. The molecular weight excluding hydrogens is 202 g/mol. The van der Waals surface area contributed by atoms with Crippen LogP contribution in [0.5, 0.6) is 11.5 Å². The zero-order chi connectivity index (χ0) is 11.1. The smallest absolute Gasteiger partial charge is 0.166 e. The summed E-state index contributed by atoms with van der Waals surface area (Å²) >= 11 is 0. The van der Waals surface area contributed by atoms with Gasteiger partial charge in [-0.15, -0.1) is 0 Å². The molecule has 0 saturated heterocycles. The second kappa shape index (κ2) is 3.17. The van der Waals surface area contributed by atoms with Crippen molar-refractivity contribution >= 4 is 11.8 Å². The normalized spacial score (nSPS) is 20.8. The third-order valence-electron chi connectivity index (χ3n) is 2.88. The Hall–Kier alpha value is -2.16. The van der Waals surface area contributed by atoms with E-state index in [0.29, 0.717) is 5.56 Å². The van der Waals surface area contributed by atoms with Gasteiger partial charge in [-0.3, -0.25) is 0 Å². The first kappa shape index (κ1) is 9.09. The predicted molar refractivity (Wildman–Crippen MR) is 63.4 cm³/mol. The predicted octanol–water partition coefficient (Wildman–Crippen LogP) is 2.40. The van der Waals surface area contributed by atoms with Crippen molar-refractivity contribution in [2.24, 2.45) is 0 Å². The zero-order valence-electron chi connectivity index (χ0n) is 8.51. The van der Waals surface area contributed by atoms with E-state index in [0.717, 1.165) is 11.3 Å². The maximum atomic E-state index is 9.76. The van der Waals surface area contributed by atoms with E-state index in [1.165, 1.54) is 6.07 Å². The fraction of sp³-hybridized carbons (Fsp3) is 0.0769. The summed E-state index contributed by atoms with van der Waals surface area (Å²) in [6.07, 6.45) is 9.88. The van der Waals surface area contributed by atoms with Gasteiger partial charge in [0.15, 0.2) is 11.5 Å². The molecule has 3 nitrogen and oxygen atoms in total. The molecule has 3 rings (SSSR count). The Morgan fingerprint density at radius 2 is 2.00 bits per heavy atom. The lowest BCUT2D eigenvalue weighted by atomic mass is 9.94. The highest BCUT2D eigenvalue weighted by molar-refractivity contribution is 5.81. The number of nitrogens with one attached hydrogen (secondary N) is 1. The maximum absolute atomic E-state index is 9.76. The van der Waals surface area contributed by atoms with Crippen LogP contribution in [0.2, 0.25) is 0 Å². The molecule has 0 aromatic heterocycles. The van der Waals surface area contributed by atoms with Crippen molar-refractivity contribution in [3.8, 4) is 11.5 Å². The minimum absolute atomic E-state index is 0.0705. The molecule has 1 heterocycles. The van der Waals surface area contributed by atoms with Gasteiger partial charge in [0.25, 0.3) is 0 Å². The van der Waals surface area contributed by atoms with Gasteiger partial charge < -0.3 is 15.5 Å². The van der Waals surface area contributed by atoms with Crippen molar-refractivity contribution in [2.45, 2.75) is 6.04 Å². The van der Waals surface area contributed by atoms with Crippen LogP contribution in [-0.2, 0) is 0 Å². The Kier molecular flexibility index (Phi) is 1.80. The van der Waals surface area contributed by atoms with E-state index in [1.54, 1.807) is 6.07 Å². The van der Waals surface area contributed by atoms with Gasteiger partial charge in [-0.25, -0.2) is 0 Å². The second-order valence-corrected chi connectivity index (χ2v) is 3.90. The fourth-order valence-corrected chi connectivity index (χ4v) is 2.03. The molecule has 1 aliphatic carbocycles. The molecule has 0 spiro atoms. The first-order valence-corrected chi connectivity index (χ1v) is 5.13. The van der Waals surface area contributed by atoms with Crippen molar-refractivity contribution in [3.05, 3.63) is 47.6 Å². The van der Waals surface area contributed by atoms with Crippen molar-refractivity contribution < 1.29 is 10.2 Å². The molecule has 0 radical (unpaired) electrons. The Morgan fingerprint density at radius 1 is 1.12 bits per heavy atom. The van der Waals surface area contributed by atoms with Gasteiger partial charge in [-0.05, 0) is 23.8 Å². The molecule has 16 heavy (non-hydrogen) atoms. The number of aromatic hydroxyl groups is 2. The summed E-state index contributed by atoms with van der Waals surface area (Å²) in [5.74, 6) is -0.162. The minimum Gasteiger partial charge on any atom is -0.504 e. The van der Waals surface area contributed by atoms with Crippen LogP contribution in [0.3, 0.4) is 0 Å². The number of allylic oxidation sites excluding steroid dienone is 2. The molecule has 80 valence electrons. The van der Waals surface area contributed by atoms with E-state index in [4.69, 9.17) is 0 Å². The topological polar surface area (TPSA) is 52.5 Å². The molecule has 0 fully saturated rings. The Morgan fingerprint density at radius 3 is 2.88 bits per heavy atom. The third-order valence-corrected chi connectivity index (χ3v) is 2.88. The van der Waals surface area contributed by atoms with Gasteiger partial charge in [0.05, 0.1) is 6.04 Å². The number of fused-ring (bicyclic) bond motifs is 2. The molecule has 1 aromatic rings. The number of hydrogen-bond donors (Lipinski definition) is 3. The largest absolute Gasteiger partial charge is 0.504 e. The van der Waals surface area contributed by atoms with Crippen molar-refractivity contribution in [1.82, 2.24) is 0 Å². The summed E-state index contributed by atoms with van der Waals surface area (Å²) in [4.78, 5) is 0. The molecule has 1 atom stereocenters. The molecule has 0 saturated carbocycles. The van der Waals surface area contributed by atoms with Gasteiger partial charge in [-0.2, -0.15) is 0 Å². The summed E-state index contributed by atoms with van der Waals surface area (Å²) in [7, 11) is 0. The van der Waals surface area contributed by atoms with E-state index < -0.39 is 0 Å². The molecule has 3 N–H and O–H groups in total. The van der Waals surface area contributed by atoms with Crippen LogP contribution in [0, 0.1) is 0 Å². The van der Waals surface area contributed by atoms with Gasteiger partial charge in [0.1, 0.15) is 0 Å². The minimum atomic E-state index is -0.0915. The van der Waals surface area contributed by atoms with Crippen LogP contribution in [0.15, 0.2) is 42.0 Å². The van der Waals surface area contributed by atoms with E-state index in [1.807, 2.05) is 24.3 Å². The second-order valence-electron chi connectivity index (χ2n) is 3.90. The van der Waals surface area contributed by atoms with E-state index in [2.05, 4.69) is 11.4 Å². The number of hydrogen-bond acceptors (Lipinski definition) is 3. The Labute approximate surface area is 93.0 Å². The van der Waals surface area contributed by atoms with E-state index in [-0.39, 0.29) is 17.5 Å². The highest BCUT2D eigenvalue weighted by Crippen LogP contribution is 2.39. The van der Waals surface area contributed by atoms with Crippen LogP contribution >= 0.6 is 0 Å². The van der Waals surface area contributed by atoms with Gasteiger partial charge in [0, 0.05) is 11.3 Å². The number of anilines is 1. The average Bonchev–Trinajstić information content (AvgIpc) is 2.32. The first-order valence-electron chi connectivity index (χ1n) is 5.13. The lowest BCUT2D eigenvalue weighted by Gasteiger charge is -2.26. The summed E-state index contributed by atoms with van der Waals surface area (Å²) < 4.78 is 0. The molecule has 1 aliphatic heterocycles. The highest BCUT2D eigenvalue weighted by atomic mass is 16.3. The average molecular weight is 213 g/mol. The van der Waals surface area contributed by atoms with E-state index >= 15 is 0 Å². The fourth-order valence-electron chi connectivity index (χ4n) is 2.03. The lowest BCUT2D eigenvalue weighted by molar-refractivity contribution is 0.403. The van der Waals surface area contributed by atoms with Crippen LogP contribution in [0.25, 0.3) is 6.08 Å². The molecule has 0 bridgehead atoms. The highest BCUT2D eigenvalue weighted by Gasteiger charge is 2.21. The van der Waals surface area contributed by atoms with Crippen molar-refractivity contribution in [1.29, 1.82) is 0 Å². The molecule has 1 unspecified atom stereocenters. The lowest BCUT2D eigenvalue weighted by Crippen LogP contribution is -2.23. The Bertz CT molecular complexity index is 541. The molecule has 2 aliphatic rings. The summed E-state index contributed by atoms with van der Waals surface area (Å²) in [6, 6.07) is 3.41. The monoisotopic (exact) mass is 213 g/mol. The molecule has 3 heteroatoms. The summed E-state index contributed by atoms with van der Waals surface area (Å²) in [5, 5.41) is 22.5. The summed E-state index contributed by atoms with van der Waals surface area (Å²) in [6.45, 7) is 0. The van der Waals surface area contributed by atoms with E-state index in [9.17, 15) is 10.2 Å². The summed E-state index contributed by atoms with van der Waals surface area (Å²) in [5.41, 5.74) is 2.56. The van der Waals surface area contributed by atoms with Crippen molar-refractivity contribution in [2.75, 3.05) is 5.32 Å². The maximum Gasteiger partial charge on any atom is 0.166 e. The van der Waals surface area contributed by atoms with Crippen LogP contribution in [0.1, 0.15) is 5.56 Å². The number of phenolic OH excluding ortho intramolecular Hbond substituents is 2. The van der Waals surface area contributed by atoms with Crippen molar-refractivity contribution in [3.63, 3.8) is 0 Å². The van der Waals surface area contributed by atoms with Gasteiger partial charge in [0.2, 0.25) is 0 Å². The van der Waals surface area contributed by atoms with Crippen LogP contribution in [-0.4, -0.2) is 16.3 Å². The zero-order valence-corrected chi connectivity index (χ0v) is 8.51. The Balaban J connectivity index is 2.18. The quantitative estimate of drug-likeness (QED) is 0.458. The molecule has 1 aromatic carbocycles. The third kappa shape index (κ3) is 1.21. The van der Waals surface area contributed by atoms with Gasteiger partial charge in [-0.1, -0.05) is 24.3 Å². The first-order chi connectivity index (χ1) is 7.75. The van der Waals surface area contributed by atoms with Crippen LogP contribution in [0.4, 0.5) is 5.69 Å². The SMILES string of the molecule is Oc1ccc2c(c1O)C=C1C=CC=CC1N2. The van der Waals surface area contributed by atoms with Crippen LogP contribution < -0.4 is 5.32 Å².